The van der Waals surface area contributed by atoms with Crippen LogP contribution in [0.2, 0.25) is 0 Å². The number of hydrogen-bond donors (Lipinski definition) is 2. The van der Waals surface area contributed by atoms with Gasteiger partial charge in [-0.3, -0.25) is 4.79 Å². The van der Waals surface area contributed by atoms with Crippen molar-refractivity contribution in [1.82, 2.24) is 5.32 Å². The molecule has 4 nitrogen and oxygen atoms in total. The molecule has 0 radical (unpaired) electrons. The fraction of sp³-hybridized carbons (Fsp3) is 0.462. The van der Waals surface area contributed by atoms with Crippen molar-refractivity contribution in [3.63, 3.8) is 0 Å². The summed E-state index contributed by atoms with van der Waals surface area (Å²) in [7, 11) is 0. The van der Waals surface area contributed by atoms with Crippen LogP contribution in [0.5, 0.6) is 5.75 Å². The molecule has 0 aromatic heterocycles. The van der Waals surface area contributed by atoms with Crippen molar-refractivity contribution >= 4 is 23.4 Å². The minimum atomic E-state index is -0.0587. The first-order valence-electron chi connectivity index (χ1n) is 6.09. The lowest BCUT2D eigenvalue weighted by atomic mass is 10.1. The SMILES string of the molecule is CSCCCNC(=O)c1cccc2c1OCCN2. The number of benzene rings is 1. The normalized spacial score (nSPS) is 13.2. The highest BCUT2D eigenvalue weighted by Crippen LogP contribution is 2.30. The molecule has 0 spiro atoms. The average Bonchev–Trinajstić information content (AvgIpc) is 2.43. The molecule has 18 heavy (non-hydrogen) atoms. The van der Waals surface area contributed by atoms with Gasteiger partial charge in [-0.1, -0.05) is 6.07 Å². The molecule has 0 fully saturated rings. The Bertz CT molecular complexity index is 423. The first-order valence-corrected chi connectivity index (χ1v) is 7.49. The monoisotopic (exact) mass is 266 g/mol. The average molecular weight is 266 g/mol. The maximum absolute atomic E-state index is 12.1. The Balaban J connectivity index is 2.01. The van der Waals surface area contributed by atoms with Gasteiger partial charge in [-0.15, -0.1) is 0 Å². The second-order valence-electron chi connectivity index (χ2n) is 4.06. The van der Waals surface area contributed by atoms with Crippen LogP contribution in [0.4, 0.5) is 5.69 Å². The van der Waals surface area contributed by atoms with Crippen LogP contribution in [-0.2, 0) is 0 Å². The number of anilines is 1. The zero-order chi connectivity index (χ0) is 12.8. The highest BCUT2D eigenvalue weighted by atomic mass is 32.2. The number of amides is 1. The van der Waals surface area contributed by atoms with E-state index in [-0.39, 0.29) is 5.91 Å². The van der Waals surface area contributed by atoms with Gasteiger partial charge >= 0.3 is 0 Å². The molecular weight excluding hydrogens is 248 g/mol. The van der Waals surface area contributed by atoms with Crippen molar-refractivity contribution in [3.8, 4) is 5.75 Å². The fourth-order valence-corrected chi connectivity index (χ4v) is 2.30. The molecule has 2 rings (SSSR count). The lowest BCUT2D eigenvalue weighted by Crippen LogP contribution is -2.27. The van der Waals surface area contributed by atoms with E-state index in [1.807, 2.05) is 12.1 Å². The molecule has 1 amide bonds. The van der Waals surface area contributed by atoms with Gasteiger partial charge in [0.2, 0.25) is 0 Å². The first kappa shape index (κ1) is 13.1. The standard InChI is InChI=1S/C13H18N2O2S/c1-18-9-3-6-15-13(16)10-4-2-5-11-12(10)17-8-7-14-11/h2,4-5,14H,3,6-9H2,1H3,(H,15,16). The summed E-state index contributed by atoms with van der Waals surface area (Å²) in [5, 5.41) is 6.15. The number of rotatable bonds is 5. The molecule has 0 aliphatic carbocycles. The third kappa shape index (κ3) is 3.10. The van der Waals surface area contributed by atoms with E-state index in [0.717, 1.165) is 24.4 Å². The second kappa shape index (κ2) is 6.54. The lowest BCUT2D eigenvalue weighted by molar-refractivity contribution is 0.0949. The van der Waals surface area contributed by atoms with Gasteiger partial charge in [-0.2, -0.15) is 11.8 Å². The Hall–Kier alpha value is -1.36. The zero-order valence-electron chi connectivity index (χ0n) is 10.5. The first-order chi connectivity index (χ1) is 8.83. The lowest BCUT2D eigenvalue weighted by Gasteiger charge is -2.21. The van der Waals surface area contributed by atoms with Crippen LogP contribution in [0.15, 0.2) is 18.2 Å². The largest absolute Gasteiger partial charge is 0.489 e. The van der Waals surface area contributed by atoms with Gasteiger partial charge in [0.25, 0.3) is 5.91 Å². The number of hydrogen-bond acceptors (Lipinski definition) is 4. The van der Waals surface area contributed by atoms with Gasteiger partial charge in [-0.25, -0.2) is 0 Å². The minimum absolute atomic E-state index is 0.0587. The molecule has 98 valence electrons. The Labute approximate surface area is 111 Å². The van der Waals surface area contributed by atoms with E-state index in [1.165, 1.54) is 0 Å². The van der Waals surface area contributed by atoms with Gasteiger partial charge in [0.15, 0.2) is 5.75 Å². The zero-order valence-corrected chi connectivity index (χ0v) is 11.3. The molecule has 0 bridgehead atoms. The molecule has 5 heteroatoms. The number of nitrogens with one attached hydrogen (secondary N) is 2. The summed E-state index contributed by atoms with van der Waals surface area (Å²) >= 11 is 1.79. The summed E-state index contributed by atoms with van der Waals surface area (Å²) in [6.45, 7) is 2.09. The van der Waals surface area contributed by atoms with Gasteiger partial charge in [0.1, 0.15) is 6.61 Å². The molecule has 1 aliphatic heterocycles. The molecule has 0 saturated carbocycles. The predicted molar refractivity (Wildman–Crippen MR) is 75.8 cm³/mol. The predicted octanol–water partition coefficient (Wildman–Crippen LogP) is 1.97. The van der Waals surface area contributed by atoms with E-state index in [2.05, 4.69) is 16.9 Å². The number of para-hydroxylation sites is 1. The number of fused-ring (bicyclic) bond motifs is 1. The molecule has 2 N–H and O–H groups in total. The number of carbonyl (C=O) groups excluding carboxylic acids is 1. The summed E-state index contributed by atoms with van der Waals surface area (Å²) < 4.78 is 5.58. The van der Waals surface area contributed by atoms with Crippen LogP contribution in [0.25, 0.3) is 0 Å². The van der Waals surface area contributed by atoms with E-state index in [0.29, 0.717) is 24.5 Å². The Morgan fingerprint density at radius 3 is 3.28 bits per heavy atom. The van der Waals surface area contributed by atoms with E-state index >= 15 is 0 Å². The highest BCUT2D eigenvalue weighted by Gasteiger charge is 2.18. The number of thioether (sulfide) groups is 1. The smallest absolute Gasteiger partial charge is 0.255 e. The van der Waals surface area contributed by atoms with Crippen molar-refractivity contribution in [3.05, 3.63) is 23.8 Å². The van der Waals surface area contributed by atoms with Crippen LogP contribution < -0.4 is 15.4 Å². The molecule has 0 atom stereocenters. The van der Waals surface area contributed by atoms with Crippen LogP contribution in [0, 0.1) is 0 Å². The highest BCUT2D eigenvalue weighted by molar-refractivity contribution is 7.98. The molecule has 0 unspecified atom stereocenters. The third-order valence-corrected chi connectivity index (χ3v) is 3.43. The van der Waals surface area contributed by atoms with Crippen molar-refractivity contribution in [2.24, 2.45) is 0 Å². The summed E-state index contributed by atoms with van der Waals surface area (Å²) in [4.78, 5) is 12.1. The quantitative estimate of drug-likeness (QED) is 0.800. The van der Waals surface area contributed by atoms with Gasteiger partial charge in [0, 0.05) is 13.1 Å². The van der Waals surface area contributed by atoms with Crippen molar-refractivity contribution in [1.29, 1.82) is 0 Å². The van der Waals surface area contributed by atoms with Crippen LogP contribution in [-0.4, -0.2) is 37.6 Å². The number of ether oxygens (including phenoxy) is 1. The van der Waals surface area contributed by atoms with Crippen molar-refractivity contribution in [2.45, 2.75) is 6.42 Å². The minimum Gasteiger partial charge on any atom is -0.489 e. The van der Waals surface area contributed by atoms with Crippen molar-refractivity contribution < 1.29 is 9.53 Å². The van der Waals surface area contributed by atoms with E-state index in [9.17, 15) is 4.79 Å². The molecule has 1 aromatic carbocycles. The summed E-state index contributed by atoms with van der Waals surface area (Å²) in [6, 6.07) is 5.60. The summed E-state index contributed by atoms with van der Waals surface area (Å²) in [5.41, 5.74) is 1.52. The molecule has 1 heterocycles. The van der Waals surface area contributed by atoms with Gasteiger partial charge in [0.05, 0.1) is 11.3 Å². The molecular formula is C13H18N2O2S. The third-order valence-electron chi connectivity index (χ3n) is 2.73. The van der Waals surface area contributed by atoms with Gasteiger partial charge in [-0.05, 0) is 30.6 Å². The van der Waals surface area contributed by atoms with Gasteiger partial charge < -0.3 is 15.4 Å². The molecule has 1 aliphatic rings. The van der Waals surface area contributed by atoms with E-state index < -0.39 is 0 Å². The Kier molecular flexibility index (Phi) is 4.75. The number of carbonyl (C=O) groups is 1. The Morgan fingerprint density at radius 1 is 1.56 bits per heavy atom. The Morgan fingerprint density at radius 2 is 2.44 bits per heavy atom. The topological polar surface area (TPSA) is 50.4 Å². The van der Waals surface area contributed by atoms with Crippen LogP contribution in [0.1, 0.15) is 16.8 Å². The fourth-order valence-electron chi connectivity index (χ4n) is 1.86. The van der Waals surface area contributed by atoms with E-state index in [4.69, 9.17) is 4.74 Å². The summed E-state index contributed by atoms with van der Waals surface area (Å²) in [6.07, 6.45) is 3.05. The van der Waals surface area contributed by atoms with Crippen LogP contribution in [0.3, 0.4) is 0 Å². The van der Waals surface area contributed by atoms with E-state index in [1.54, 1.807) is 17.8 Å². The summed E-state index contributed by atoms with van der Waals surface area (Å²) in [5.74, 6) is 1.67. The second-order valence-corrected chi connectivity index (χ2v) is 5.05. The molecule has 1 aromatic rings. The van der Waals surface area contributed by atoms with Crippen molar-refractivity contribution in [2.75, 3.05) is 37.0 Å². The maximum Gasteiger partial charge on any atom is 0.255 e. The van der Waals surface area contributed by atoms with Crippen LogP contribution >= 0.6 is 11.8 Å². The maximum atomic E-state index is 12.1. The molecule has 0 saturated heterocycles.